The van der Waals surface area contributed by atoms with Crippen molar-refractivity contribution in [2.45, 2.75) is 78.2 Å². The first-order valence-corrected chi connectivity index (χ1v) is 11.6. The third-order valence-electron chi connectivity index (χ3n) is 5.52. The summed E-state index contributed by atoms with van der Waals surface area (Å²) in [5, 5.41) is 3.12. The van der Waals surface area contributed by atoms with Gasteiger partial charge in [0.2, 0.25) is 0 Å². The molecule has 0 aliphatic rings. The summed E-state index contributed by atoms with van der Waals surface area (Å²) in [6.45, 7) is 13.6. The molecule has 0 saturated carbocycles. The molecule has 0 aliphatic heterocycles. The van der Waals surface area contributed by atoms with Crippen LogP contribution < -0.4 is 5.32 Å². The Bertz CT molecular complexity index is 810. The maximum Gasteiger partial charge on any atom is 0.159 e. The zero-order valence-corrected chi connectivity index (χ0v) is 19.9. The largest absolute Gasteiger partial charge is 0.382 e. The standard InChI is InChI=1S/C28H39F2NO/c1-6-10-22(11-7-2)15-16-23(12-8-3)13-9-14-25(32)20-28(31-21(4)5)24-17-18-26(29)27(30)19-24/h6-7,10-11,17-19,23,28,31H,1,4,8-9,12-16,20H2,2-3,5H3/b11-7-,22-10+. The fourth-order valence-corrected chi connectivity index (χ4v) is 4.00. The minimum atomic E-state index is -0.909. The van der Waals surface area contributed by atoms with E-state index < -0.39 is 17.7 Å². The van der Waals surface area contributed by atoms with Gasteiger partial charge in [-0.25, -0.2) is 8.78 Å². The van der Waals surface area contributed by atoms with Crippen LogP contribution in [0.5, 0.6) is 0 Å². The van der Waals surface area contributed by atoms with E-state index in [1.54, 1.807) is 6.92 Å². The summed E-state index contributed by atoms with van der Waals surface area (Å²) in [4.78, 5) is 12.7. The maximum absolute atomic E-state index is 13.7. The molecule has 1 rings (SSSR count). The van der Waals surface area contributed by atoms with E-state index in [0.29, 0.717) is 23.6 Å². The van der Waals surface area contributed by atoms with Crippen molar-refractivity contribution in [1.29, 1.82) is 0 Å². The zero-order chi connectivity index (χ0) is 23.9. The molecule has 0 amide bonds. The number of hydrogen-bond acceptors (Lipinski definition) is 2. The Balaban J connectivity index is 2.64. The molecule has 0 aliphatic carbocycles. The molecule has 32 heavy (non-hydrogen) atoms. The fourth-order valence-electron chi connectivity index (χ4n) is 4.00. The third-order valence-corrected chi connectivity index (χ3v) is 5.52. The van der Waals surface area contributed by atoms with Crippen molar-refractivity contribution in [3.8, 4) is 0 Å². The summed E-state index contributed by atoms with van der Waals surface area (Å²) in [6, 6.07) is 3.36. The number of nitrogens with one attached hydrogen (secondary N) is 1. The molecule has 1 N–H and O–H groups in total. The van der Waals surface area contributed by atoms with Gasteiger partial charge in [-0.05, 0) is 62.3 Å². The van der Waals surface area contributed by atoms with E-state index in [1.807, 2.05) is 19.1 Å². The molecular formula is C28H39F2NO. The fraction of sp³-hybridized carbons (Fsp3) is 0.464. The first-order valence-electron chi connectivity index (χ1n) is 11.6. The summed E-state index contributed by atoms with van der Waals surface area (Å²) in [7, 11) is 0. The molecule has 0 fully saturated rings. The number of allylic oxidation sites excluding steroid dienone is 6. The second kappa shape index (κ2) is 15.3. The summed E-state index contributed by atoms with van der Waals surface area (Å²) >= 11 is 0. The van der Waals surface area contributed by atoms with Crippen molar-refractivity contribution in [1.82, 2.24) is 5.32 Å². The van der Waals surface area contributed by atoms with Gasteiger partial charge in [-0.3, -0.25) is 4.79 Å². The highest BCUT2D eigenvalue weighted by Crippen LogP contribution is 2.25. The smallest absolute Gasteiger partial charge is 0.159 e. The number of benzene rings is 1. The monoisotopic (exact) mass is 443 g/mol. The highest BCUT2D eigenvalue weighted by atomic mass is 19.2. The Kier molecular flexibility index (Phi) is 13.2. The van der Waals surface area contributed by atoms with Gasteiger partial charge in [-0.15, -0.1) is 0 Å². The van der Waals surface area contributed by atoms with Crippen LogP contribution in [0.2, 0.25) is 0 Å². The Morgan fingerprint density at radius 3 is 2.50 bits per heavy atom. The quantitative estimate of drug-likeness (QED) is 0.261. The Labute approximate surface area is 193 Å². The molecule has 1 aromatic carbocycles. The number of rotatable bonds is 16. The first-order chi connectivity index (χ1) is 15.3. The second-order valence-corrected chi connectivity index (χ2v) is 8.46. The summed E-state index contributed by atoms with van der Waals surface area (Å²) in [5.41, 5.74) is 2.51. The van der Waals surface area contributed by atoms with E-state index in [-0.39, 0.29) is 12.2 Å². The van der Waals surface area contributed by atoms with E-state index in [1.165, 1.54) is 11.6 Å². The molecule has 0 saturated heterocycles. The number of carbonyl (C=O) groups is 1. The molecule has 2 unspecified atom stereocenters. The predicted molar refractivity (Wildman–Crippen MR) is 131 cm³/mol. The molecule has 0 aromatic heterocycles. The molecule has 176 valence electrons. The maximum atomic E-state index is 13.7. The van der Waals surface area contributed by atoms with Crippen molar-refractivity contribution >= 4 is 5.78 Å². The van der Waals surface area contributed by atoms with Crippen molar-refractivity contribution in [2.24, 2.45) is 5.92 Å². The van der Waals surface area contributed by atoms with Crippen LogP contribution in [0, 0.1) is 17.6 Å². The van der Waals surface area contributed by atoms with E-state index in [0.717, 1.165) is 50.7 Å². The molecule has 0 bridgehead atoms. The Morgan fingerprint density at radius 2 is 1.91 bits per heavy atom. The molecule has 2 atom stereocenters. The van der Waals surface area contributed by atoms with Gasteiger partial charge in [-0.2, -0.15) is 0 Å². The number of Topliss-reactive ketones (excluding diaryl/α,β-unsaturated/α-hetero) is 1. The zero-order valence-electron chi connectivity index (χ0n) is 19.9. The average molecular weight is 444 g/mol. The lowest BCUT2D eigenvalue weighted by molar-refractivity contribution is -0.119. The topological polar surface area (TPSA) is 29.1 Å². The van der Waals surface area contributed by atoms with Gasteiger partial charge in [0.25, 0.3) is 0 Å². The lowest BCUT2D eigenvalue weighted by Crippen LogP contribution is -2.22. The van der Waals surface area contributed by atoms with E-state index in [9.17, 15) is 13.6 Å². The van der Waals surface area contributed by atoms with Crippen molar-refractivity contribution in [2.75, 3.05) is 0 Å². The second-order valence-electron chi connectivity index (χ2n) is 8.46. The van der Waals surface area contributed by atoms with Crippen LogP contribution in [0.1, 0.15) is 83.7 Å². The van der Waals surface area contributed by atoms with Gasteiger partial charge in [0, 0.05) is 18.5 Å². The highest BCUT2D eigenvalue weighted by Gasteiger charge is 2.18. The molecule has 1 aromatic rings. The van der Waals surface area contributed by atoms with Gasteiger partial charge in [0.05, 0.1) is 6.04 Å². The van der Waals surface area contributed by atoms with Gasteiger partial charge < -0.3 is 5.32 Å². The molecular weight excluding hydrogens is 404 g/mol. The number of hydrogen-bond donors (Lipinski definition) is 1. The minimum absolute atomic E-state index is 0.116. The summed E-state index contributed by atoms with van der Waals surface area (Å²) < 4.78 is 27.0. The Hall–Kier alpha value is -2.49. The molecule has 0 heterocycles. The lowest BCUT2D eigenvalue weighted by Gasteiger charge is -2.20. The van der Waals surface area contributed by atoms with Gasteiger partial charge in [0.1, 0.15) is 5.78 Å². The van der Waals surface area contributed by atoms with Crippen LogP contribution in [-0.4, -0.2) is 5.78 Å². The third kappa shape index (κ3) is 10.7. The lowest BCUT2D eigenvalue weighted by atomic mass is 9.89. The van der Waals surface area contributed by atoms with Crippen molar-refractivity contribution in [3.05, 3.63) is 84.1 Å². The summed E-state index contributed by atoms with van der Waals surface area (Å²) in [6.07, 6.45) is 15.0. The van der Waals surface area contributed by atoms with Crippen LogP contribution in [0.25, 0.3) is 0 Å². The van der Waals surface area contributed by atoms with Crippen LogP contribution in [0.4, 0.5) is 8.78 Å². The normalized spacial score (nSPS) is 13.7. The van der Waals surface area contributed by atoms with Crippen molar-refractivity contribution in [3.63, 3.8) is 0 Å². The number of ketones is 1. The number of carbonyl (C=O) groups excluding carboxylic acids is 1. The predicted octanol–water partition coefficient (Wildman–Crippen LogP) is 8.14. The Morgan fingerprint density at radius 1 is 1.16 bits per heavy atom. The van der Waals surface area contributed by atoms with Crippen LogP contribution in [0.15, 0.2) is 66.9 Å². The van der Waals surface area contributed by atoms with Gasteiger partial charge >= 0.3 is 0 Å². The molecule has 2 nitrogen and oxygen atoms in total. The van der Waals surface area contributed by atoms with Gasteiger partial charge in [0.15, 0.2) is 11.6 Å². The molecule has 0 radical (unpaired) electrons. The molecule has 4 heteroatoms. The SMILES string of the molecule is C=C/C=C(\C=C/C)CCC(CCC)CCCC(=O)CC(NC(=C)C)c1ccc(F)c(F)c1. The van der Waals surface area contributed by atoms with Gasteiger partial charge in [-0.1, -0.05) is 69.7 Å². The van der Waals surface area contributed by atoms with Crippen molar-refractivity contribution < 1.29 is 13.6 Å². The summed E-state index contributed by atoms with van der Waals surface area (Å²) in [5.74, 6) is -1.10. The average Bonchev–Trinajstić information content (AvgIpc) is 2.73. The minimum Gasteiger partial charge on any atom is -0.382 e. The van der Waals surface area contributed by atoms with E-state index in [4.69, 9.17) is 0 Å². The highest BCUT2D eigenvalue weighted by molar-refractivity contribution is 5.79. The van der Waals surface area contributed by atoms with E-state index in [2.05, 4.69) is 37.6 Å². The van der Waals surface area contributed by atoms with E-state index >= 15 is 0 Å². The van der Waals surface area contributed by atoms with Crippen LogP contribution >= 0.6 is 0 Å². The molecule has 0 spiro atoms. The first kappa shape index (κ1) is 27.5. The number of halogens is 2. The van der Waals surface area contributed by atoms with Crippen LogP contribution in [0.3, 0.4) is 0 Å². The van der Waals surface area contributed by atoms with Crippen LogP contribution in [-0.2, 0) is 4.79 Å².